The topological polar surface area (TPSA) is 38.8 Å². The Bertz CT molecular complexity index is 647. The van der Waals surface area contributed by atoms with E-state index in [1.54, 1.807) is 0 Å². The van der Waals surface area contributed by atoms with Crippen molar-refractivity contribution < 1.29 is 36.2 Å². The smallest absolute Gasteiger partial charge is 0.426 e. The average molecular weight is 379 g/mol. The fourth-order valence-corrected chi connectivity index (χ4v) is 3.44. The number of halogens is 5. The van der Waals surface area contributed by atoms with E-state index in [0.29, 0.717) is 26.1 Å². The van der Waals surface area contributed by atoms with E-state index in [9.17, 15) is 26.7 Å². The lowest BCUT2D eigenvalue weighted by Crippen LogP contribution is -2.55. The van der Waals surface area contributed by atoms with E-state index in [1.807, 2.05) is 7.05 Å². The summed E-state index contributed by atoms with van der Waals surface area (Å²) in [6.07, 6.45) is -9.86. The number of morpholine rings is 1. The van der Waals surface area contributed by atoms with Gasteiger partial charge in [-0.1, -0.05) is 0 Å². The zero-order valence-corrected chi connectivity index (χ0v) is 13.9. The van der Waals surface area contributed by atoms with Crippen molar-refractivity contribution in [3.8, 4) is 5.75 Å². The highest BCUT2D eigenvalue weighted by Gasteiger charge is 2.61. The Morgan fingerprint density at radius 3 is 2.12 bits per heavy atom. The van der Waals surface area contributed by atoms with Crippen LogP contribution >= 0.6 is 0 Å². The summed E-state index contributed by atoms with van der Waals surface area (Å²) >= 11 is 0. The highest BCUT2D eigenvalue weighted by atomic mass is 19.4. The van der Waals surface area contributed by atoms with Gasteiger partial charge < -0.3 is 9.47 Å². The average Bonchev–Trinajstić information content (AvgIpc) is 2.53. The Kier molecular flexibility index (Phi) is 4.96. The molecule has 0 N–H and O–H groups in total. The number of carbonyl (C=O) groups excluding carboxylic acids is 1. The van der Waals surface area contributed by atoms with E-state index in [1.165, 1.54) is 12.1 Å². The number of ketones is 1. The Labute approximate surface area is 146 Å². The second kappa shape index (κ2) is 6.77. The lowest BCUT2D eigenvalue weighted by atomic mass is 9.81. The SMILES string of the molecule is CN1C2COCC1CC(C(=O)c1ccc(OC(F)(F)C(F)(F)F)cc1)C2. The number of hydrogen-bond donors (Lipinski definition) is 0. The normalized spacial score (nSPS) is 27.2. The van der Waals surface area contributed by atoms with Crippen LogP contribution in [0.3, 0.4) is 0 Å². The number of alkyl halides is 5. The van der Waals surface area contributed by atoms with Gasteiger partial charge in [-0.2, -0.15) is 22.0 Å². The van der Waals surface area contributed by atoms with Crippen LogP contribution in [0.4, 0.5) is 22.0 Å². The molecule has 3 rings (SSSR count). The lowest BCUT2D eigenvalue weighted by molar-refractivity contribution is -0.360. The van der Waals surface area contributed by atoms with Crippen LogP contribution in [0.15, 0.2) is 24.3 Å². The molecule has 0 radical (unpaired) electrons. The van der Waals surface area contributed by atoms with Crippen molar-refractivity contribution >= 4 is 5.78 Å². The number of carbonyl (C=O) groups is 1. The van der Waals surface area contributed by atoms with Crippen molar-refractivity contribution in [2.45, 2.75) is 37.2 Å². The van der Waals surface area contributed by atoms with Gasteiger partial charge in [0.2, 0.25) is 0 Å². The first-order valence-electron chi connectivity index (χ1n) is 8.16. The van der Waals surface area contributed by atoms with Crippen molar-refractivity contribution in [2.75, 3.05) is 20.3 Å². The summed E-state index contributed by atoms with van der Waals surface area (Å²) in [5.74, 6) is -1.03. The maximum Gasteiger partial charge on any atom is 0.499 e. The van der Waals surface area contributed by atoms with Gasteiger partial charge in [0.05, 0.1) is 13.2 Å². The minimum Gasteiger partial charge on any atom is -0.426 e. The number of benzene rings is 1. The van der Waals surface area contributed by atoms with Gasteiger partial charge in [-0.25, -0.2) is 0 Å². The Morgan fingerprint density at radius 2 is 1.62 bits per heavy atom. The molecule has 0 aliphatic carbocycles. The second-order valence-corrected chi connectivity index (χ2v) is 6.68. The molecule has 0 amide bonds. The van der Waals surface area contributed by atoms with Crippen LogP contribution < -0.4 is 4.74 Å². The van der Waals surface area contributed by atoms with Crippen LogP contribution in [0.1, 0.15) is 23.2 Å². The molecule has 0 saturated carbocycles. The highest BCUT2D eigenvalue weighted by molar-refractivity contribution is 5.98. The Morgan fingerprint density at radius 1 is 1.08 bits per heavy atom. The summed E-state index contributed by atoms with van der Waals surface area (Å²) in [7, 11) is 1.99. The fourth-order valence-electron chi connectivity index (χ4n) is 3.44. The van der Waals surface area contributed by atoms with Gasteiger partial charge in [0.15, 0.2) is 5.78 Å². The van der Waals surface area contributed by atoms with E-state index in [4.69, 9.17) is 4.74 Å². The van der Waals surface area contributed by atoms with Crippen molar-refractivity contribution in [2.24, 2.45) is 5.92 Å². The molecule has 0 spiro atoms. The molecule has 2 atom stereocenters. The van der Waals surface area contributed by atoms with Gasteiger partial charge in [0.25, 0.3) is 0 Å². The summed E-state index contributed by atoms with van der Waals surface area (Å²) in [5, 5.41) is 0. The summed E-state index contributed by atoms with van der Waals surface area (Å²) in [5.41, 5.74) is 0.265. The first-order valence-corrected chi connectivity index (χ1v) is 8.16. The van der Waals surface area contributed by atoms with Crippen molar-refractivity contribution in [1.82, 2.24) is 4.90 Å². The van der Waals surface area contributed by atoms with Gasteiger partial charge in [-0.15, -0.1) is 0 Å². The molecular weight excluding hydrogens is 361 g/mol. The molecule has 0 aromatic heterocycles. The zero-order chi connectivity index (χ0) is 19.1. The first-order chi connectivity index (χ1) is 12.1. The summed E-state index contributed by atoms with van der Waals surface area (Å²) in [6, 6.07) is 4.62. The van der Waals surface area contributed by atoms with E-state index in [-0.39, 0.29) is 29.3 Å². The summed E-state index contributed by atoms with van der Waals surface area (Å²) in [4.78, 5) is 14.9. The molecule has 2 aliphatic rings. The molecule has 2 aliphatic heterocycles. The number of fused-ring (bicyclic) bond motifs is 2. The van der Waals surface area contributed by atoms with E-state index in [0.717, 1.165) is 12.1 Å². The largest absolute Gasteiger partial charge is 0.499 e. The minimum atomic E-state index is -5.81. The van der Waals surface area contributed by atoms with Crippen LogP contribution in [0.5, 0.6) is 5.75 Å². The molecule has 1 aromatic carbocycles. The molecule has 2 heterocycles. The molecule has 4 nitrogen and oxygen atoms in total. The monoisotopic (exact) mass is 379 g/mol. The van der Waals surface area contributed by atoms with Gasteiger partial charge in [0.1, 0.15) is 5.75 Å². The third kappa shape index (κ3) is 3.68. The number of nitrogens with zero attached hydrogens (tertiary/aromatic N) is 1. The standard InChI is InChI=1S/C17H18F5NO3/c1-23-12-6-11(7-13(23)9-25-8-12)15(24)10-2-4-14(5-3-10)26-17(21,22)16(18,19)20/h2-5,11-13H,6-9H2,1H3. The lowest BCUT2D eigenvalue weighted by Gasteiger charge is -2.46. The van der Waals surface area contributed by atoms with Crippen LogP contribution in [0.2, 0.25) is 0 Å². The third-order valence-corrected chi connectivity index (χ3v) is 4.97. The molecule has 2 unspecified atom stereocenters. The second-order valence-electron chi connectivity index (χ2n) is 6.68. The Hall–Kier alpha value is -1.74. The van der Waals surface area contributed by atoms with E-state index < -0.39 is 18.0 Å². The maximum absolute atomic E-state index is 12.9. The van der Waals surface area contributed by atoms with Crippen molar-refractivity contribution in [1.29, 1.82) is 0 Å². The number of rotatable bonds is 4. The molecule has 144 valence electrons. The molecule has 1 aromatic rings. The van der Waals surface area contributed by atoms with E-state index in [2.05, 4.69) is 9.64 Å². The van der Waals surface area contributed by atoms with Gasteiger partial charge in [0, 0.05) is 23.6 Å². The van der Waals surface area contributed by atoms with Crippen molar-refractivity contribution in [3.05, 3.63) is 29.8 Å². The van der Waals surface area contributed by atoms with Gasteiger partial charge in [-0.05, 0) is 44.2 Å². The van der Waals surface area contributed by atoms with Crippen LogP contribution in [0, 0.1) is 5.92 Å². The van der Waals surface area contributed by atoms with Gasteiger partial charge in [-0.3, -0.25) is 9.69 Å². The molecule has 2 saturated heterocycles. The van der Waals surface area contributed by atoms with Gasteiger partial charge >= 0.3 is 12.3 Å². The number of piperidine rings is 1. The highest BCUT2D eigenvalue weighted by Crippen LogP contribution is 2.37. The van der Waals surface area contributed by atoms with Crippen LogP contribution in [-0.2, 0) is 4.74 Å². The molecular formula is C17H18F5NO3. The van der Waals surface area contributed by atoms with Crippen LogP contribution in [0.25, 0.3) is 0 Å². The maximum atomic E-state index is 12.9. The molecule has 2 fully saturated rings. The Balaban J connectivity index is 1.68. The van der Waals surface area contributed by atoms with Crippen molar-refractivity contribution in [3.63, 3.8) is 0 Å². The predicted molar refractivity (Wildman–Crippen MR) is 81.3 cm³/mol. The molecule has 26 heavy (non-hydrogen) atoms. The number of Topliss-reactive ketones (excluding diaryl/α,β-unsaturated/α-hetero) is 1. The molecule has 9 heteroatoms. The zero-order valence-electron chi connectivity index (χ0n) is 13.9. The number of hydrogen-bond acceptors (Lipinski definition) is 4. The predicted octanol–water partition coefficient (Wildman–Crippen LogP) is 3.51. The van der Waals surface area contributed by atoms with Crippen LogP contribution in [-0.4, -0.2) is 55.3 Å². The fraction of sp³-hybridized carbons (Fsp3) is 0.588. The number of ether oxygens (including phenoxy) is 2. The summed E-state index contributed by atoms with van der Waals surface area (Å²) < 4.78 is 71.5. The quantitative estimate of drug-likeness (QED) is 0.593. The summed E-state index contributed by atoms with van der Waals surface area (Å²) in [6.45, 7) is 1.10. The minimum absolute atomic E-state index is 0.143. The third-order valence-electron chi connectivity index (χ3n) is 4.97. The van der Waals surface area contributed by atoms with E-state index >= 15 is 0 Å². The number of likely N-dealkylation sites (N-methyl/N-ethyl adjacent to an activating group) is 1. The first kappa shape index (κ1) is 19.0. The molecule has 2 bridgehead atoms.